The first kappa shape index (κ1) is 10.7. The van der Waals surface area contributed by atoms with Gasteiger partial charge in [-0.15, -0.1) is 0 Å². The Morgan fingerprint density at radius 3 is 2.36 bits per heavy atom. The molecule has 0 atom stereocenters. The molecule has 1 heterocycles. The van der Waals surface area contributed by atoms with E-state index in [1.54, 1.807) is 13.8 Å². The van der Waals surface area contributed by atoms with E-state index in [0.717, 1.165) is 0 Å². The number of rotatable bonds is 2. The van der Waals surface area contributed by atoms with Crippen LogP contribution in [-0.2, 0) is 19.1 Å². The zero-order valence-corrected chi connectivity index (χ0v) is 8.29. The molecule has 0 aromatic heterocycles. The van der Waals surface area contributed by atoms with E-state index in [9.17, 15) is 9.59 Å². The molecule has 1 aliphatic heterocycles. The van der Waals surface area contributed by atoms with Crippen molar-refractivity contribution in [1.29, 1.82) is 0 Å². The highest BCUT2D eigenvalue weighted by atomic mass is 16.7. The predicted octanol–water partition coefficient (Wildman–Crippen LogP) is 0.697. The topological polar surface area (TPSA) is 72.8 Å². The maximum absolute atomic E-state index is 11.0. The molecule has 0 amide bonds. The van der Waals surface area contributed by atoms with E-state index >= 15 is 0 Å². The minimum absolute atomic E-state index is 0.0862. The molecule has 0 unspecified atom stereocenters. The lowest BCUT2D eigenvalue weighted by molar-refractivity contribution is -0.147. The van der Waals surface area contributed by atoms with E-state index in [4.69, 9.17) is 14.6 Å². The Morgan fingerprint density at radius 2 is 2.00 bits per heavy atom. The zero-order valence-electron chi connectivity index (χ0n) is 8.29. The van der Waals surface area contributed by atoms with Crippen LogP contribution in [0.4, 0.5) is 0 Å². The quantitative estimate of drug-likeness (QED) is 0.524. The Balaban J connectivity index is 2.87. The monoisotopic (exact) mass is 200 g/mol. The normalized spacial score (nSPS) is 22.8. The molecule has 0 aliphatic carbocycles. The highest BCUT2D eigenvalue weighted by Crippen LogP contribution is 2.27. The molecule has 0 saturated carbocycles. The van der Waals surface area contributed by atoms with Gasteiger partial charge in [0.1, 0.15) is 12.4 Å². The molecule has 1 saturated heterocycles. The Labute approximate surface area is 81.3 Å². The first-order valence-corrected chi connectivity index (χ1v) is 4.14. The van der Waals surface area contributed by atoms with Gasteiger partial charge in [-0.05, 0) is 6.92 Å². The van der Waals surface area contributed by atoms with Crippen molar-refractivity contribution < 1.29 is 24.2 Å². The number of aliphatic carboxylic acids is 1. The highest BCUT2D eigenvalue weighted by molar-refractivity contribution is 6.39. The van der Waals surface area contributed by atoms with Gasteiger partial charge in [0.05, 0.1) is 0 Å². The van der Waals surface area contributed by atoms with Crippen LogP contribution in [0, 0.1) is 0 Å². The van der Waals surface area contributed by atoms with E-state index in [0.29, 0.717) is 5.76 Å². The summed E-state index contributed by atoms with van der Waals surface area (Å²) in [5.41, 5.74) is 0.0862. The second-order valence-electron chi connectivity index (χ2n) is 3.47. The molecule has 78 valence electrons. The third-order valence-electron chi connectivity index (χ3n) is 1.87. The third-order valence-corrected chi connectivity index (χ3v) is 1.87. The van der Waals surface area contributed by atoms with Crippen LogP contribution in [0.15, 0.2) is 11.3 Å². The molecule has 1 aliphatic rings. The van der Waals surface area contributed by atoms with Gasteiger partial charge in [-0.1, -0.05) is 0 Å². The lowest BCUT2D eigenvalue weighted by atomic mass is 10.1. The second kappa shape index (κ2) is 3.42. The van der Waals surface area contributed by atoms with E-state index in [2.05, 4.69) is 0 Å². The molecule has 5 heteroatoms. The summed E-state index contributed by atoms with van der Waals surface area (Å²) in [6, 6.07) is 0. The van der Waals surface area contributed by atoms with Gasteiger partial charge in [-0.25, -0.2) is 4.79 Å². The first-order chi connectivity index (χ1) is 6.33. The summed E-state index contributed by atoms with van der Waals surface area (Å²) in [5, 5.41) is 8.46. The van der Waals surface area contributed by atoms with Crippen LogP contribution in [-0.4, -0.2) is 29.3 Å². The molecular weight excluding hydrogens is 188 g/mol. The molecule has 0 radical (unpaired) electrons. The summed E-state index contributed by atoms with van der Waals surface area (Å²) in [6.45, 7) is 4.94. The van der Waals surface area contributed by atoms with E-state index < -0.39 is 17.5 Å². The van der Waals surface area contributed by atoms with Crippen LogP contribution in [0.3, 0.4) is 0 Å². The smallest absolute Gasteiger partial charge is 0.377 e. The van der Waals surface area contributed by atoms with Gasteiger partial charge in [0, 0.05) is 19.4 Å². The van der Waals surface area contributed by atoms with Crippen LogP contribution in [0.1, 0.15) is 20.8 Å². The summed E-state index contributed by atoms with van der Waals surface area (Å²) < 4.78 is 10.4. The fraction of sp³-hybridized carbons (Fsp3) is 0.556. The average molecular weight is 200 g/mol. The molecule has 0 bridgehead atoms. The van der Waals surface area contributed by atoms with Gasteiger partial charge in [-0.3, -0.25) is 4.79 Å². The number of ether oxygens (including phenoxy) is 2. The Morgan fingerprint density at radius 1 is 1.43 bits per heavy atom. The number of carboxylic acid groups (broad SMARTS) is 1. The molecule has 1 fully saturated rings. The predicted molar refractivity (Wildman–Crippen MR) is 46.5 cm³/mol. The van der Waals surface area contributed by atoms with Gasteiger partial charge < -0.3 is 14.6 Å². The molecule has 14 heavy (non-hydrogen) atoms. The van der Waals surface area contributed by atoms with Crippen molar-refractivity contribution in [2.24, 2.45) is 0 Å². The number of hydrogen-bond donors (Lipinski definition) is 1. The lowest BCUT2D eigenvalue weighted by Crippen LogP contribution is -2.20. The minimum Gasteiger partial charge on any atom is -0.475 e. The fourth-order valence-electron chi connectivity index (χ4n) is 1.07. The van der Waals surface area contributed by atoms with Crippen molar-refractivity contribution in [2.75, 3.05) is 6.61 Å². The van der Waals surface area contributed by atoms with Gasteiger partial charge in [0.2, 0.25) is 5.79 Å². The average Bonchev–Trinajstić information content (AvgIpc) is 2.43. The van der Waals surface area contributed by atoms with Crippen molar-refractivity contribution in [3.63, 3.8) is 0 Å². The first-order valence-electron chi connectivity index (χ1n) is 4.14. The van der Waals surface area contributed by atoms with Gasteiger partial charge in [0.25, 0.3) is 5.78 Å². The van der Waals surface area contributed by atoms with Crippen LogP contribution in [0.2, 0.25) is 0 Å². The Hall–Kier alpha value is -1.36. The van der Waals surface area contributed by atoms with E-state index in [-0.39, 0.29) is 12.2 Å². The molecule has 1 rings (SSSR count). The summed E-state index contributed by atoms with van der Waals surface area (Å²) >= 11 is 0. The van der Waals surface area contributed by atoms with E-state index in [1.807, 2.05) is 0 Å². The van der Waals surface area contributed by atoms with Gasteiger partial charge >= 0.3 is 5.97 Å². The number of hydrogen-bond acceptors (Lipinski definition) is 4. The van der Waals surface area contributed by atoms with Crippen molar-refractivity contribution in [2.45, 2.75) is 26.6 Å². The number of carbonyl (C=O) groups excluding carboxylic acids is 1. The Kier molecular flexibility index (Phi) is 2.62. The number of carboxylic acids is 1. The van der Waals surface area contributed by atoms with Crippen molar-refractivity contribution >= 4 is 11.8 Å². The van der Waals surface area contributed by atoms with Crippen molar-refractivity contribution in [3.8, 4) is 0 Å². The SMILES string of the molecule is CC(C(=O)C(=O)O)=C1COC(C)(C)O1. The third kappa shape index (κ3) is 2.11. The number of ketones is 1. The molecular formula is C9H12O5. The van der Waals surface area contributed by atoms with Crippen molar-refractivity contribution in [1.82, 2.24) is 0 Å². The summed E-state index contributed by atoms with van der Waals surface area (Å²) in [5.74, 6) is -2.93. The Bertz CT molecular complexity index is 313. The van der Waals surface area contributed by atoms with Crippen molar-refractivity contribution in [3.05, 3.63) is 11.3 Å². The van der Waals surface area contributed by atoms with Crippen LogP contribution < -0.4 is 0 Å². The van der Waals surface area contributed by atoms with E-state index in [1.165, 1.54) is 6.92 Å². The minimum atomic E-state index is -1.48. The molecule has 0 aromatic rings. The van der Waals surface area contributed by atoms with Crippen LogP contribution >= 0.6 is 0 Å². The largest absolute Gasteiger partial charge is 0.475 e. The molecule has 5 nitrogen and oxygen atoms in total. The number of carbonyl (C=O) groups is 2. The summed E-state index contributed by atoms with van der Waals surface area (Å²) in [4.78, 5) is 21.4. The lowest BCUT2D eigenvalue weighted by Gasteiger charge is -2.15. The fourth-order valence-corrected chi connectivity index (χ4v) is 1.07. The maximum Gasteiger partial charge on any atom is 0.377 e. The number of Topliss-reactive ketones (excluding diaryl/α,β-unsaturated/α-hetero) is 1. The van der Waals surface area contributed by atoms with Crippen LogP contribution in [0.25, 0.3) is 0 Å². The zero-order chi connectivity index (χ0) is 10.9. The van der Waals surface area contributed by atoms with Crippen LogP contribution in [0.5, 0.6) is 0 Å². The molecule has 0 spiro atoms. The van der Waals surface area contributed by atoms with Gasteiger partial charge in [0.15, 0.2) is 0 Å². The second-order valence-corrected chi connectivity index (χ2v) is 3.47. The highest BCUT2D eigenvalue weighted by Gasteiger charge is 2.32. The standard InChI is InChI=1S/C9H12O5/c1-5(7(10)8(11)12)6-4-13-9(2,3)14-6/h4H2,1-3H3,(H,11,12). The molecule has 0 aromatic carbocycles. The maximum atomic E-state index is 11.0. The summed E-state index contributed by atoms with van der Waals surface area (Å²) in [7, 11) is 0. The molecule has 1 N–H and O–H groups in total. The van der Waals surface area contributed by atoms with Gasteiger partial charge in [-0.2, -0.15) is 0 Å². The summed E-state index contributed by atoms with van der Waals surface area (Å²) in [6.07, 6.45) is 0.